The Hall–Kier alpha value is -1.57. The molecule has 0 bridgehead atoms. The third-order valence-electron chi connectivity index (χ3n) is 4.18. The summed E-state index contributed by atoms with van der Waals surface area (Å²) in [6.07, 6.45) is 5.09. The van der Waals surface area contributed by atoms with E-state index in [9.17, 15) is 0 Å². The predicted octanol–water partition coefficient (Wildman–Crippen LogP) is 2.60. The molecule has 1 N–H and O–H groups in total. The lowest BCUT2D eigenvalue weighted by Gasteiger charge is -2.21. The molecule has 1 saturated heterocycles. The summed E-state index contributed by atoms with van der Waals surface area (Å²) in [5.74, 6) is 1.57. The minimum atomic E-state index is 0. The Bertz CT molecular complexity index is 637. The SMILES string of the molecule is CN=C(NCc1cnn(C)c1)N1CCC(c2ccccc2)C1.I. The van der Waals surface area contributed by atoms with Crippen molar-refractivity contribution >= 4 is 29.9 Å². The third-order valence-corrected chi connectivity index (χ3v) is 4.18. The van der Waals surface area contributed by atoms with Crippen molar-refractivity contribution in [3.8, 4) is 0 Å². The first-order chi connectivity index (χ1) is 10.8. The second-order valence-electron chi connectivity index (χ2n) is 5.77. The molecule has 1 unspecified atom stereocenters. The van der Waals surface area contributed by atoms with Crippen molar-refractivity contribution in [1.82, 2.24) is 20.0 Å². The molecule has 23 heavy (non-hydrogen) atoms. The second kappa shape index (κ2) is 8.33. The van der Waals surface area contributed by atoms with Gasteiger partial charge in [0.05, 0.1) is 6.20 Å². The van der Waals surface area contributed by atoms with E-state index in [1.165, 1.54) is 17.5 Å². The van der Waals surface area contributed by atoms with E-state index in [1.807, 2.05) is 31.2 Å². The fraction of sp³-hybridized carbons (Fsp3) is 0.412. The first-order valence-electron chi connectivity index (χ1n) is 7.74. The van der Waals surface area contributed by atoms with E-state index in [0.29, 0.717) is 5.92 Å². The minimum Gasteiger partial charge on any atom is -0.352 e. The van der Waals surface area contributed by atoms with Crippen molar-refractivity contribution in [3.05, 3.63) is 53.9 Å². The van der Waals surface area contributed by atoms with Gasteiger partial charge in [0.1, 0.15) is 0 Å². The zero-order chi connectivity index (χ0) is 15.4. The lowest BCUT2D eigenvalue weighted by atomic mass is 9.99. The number of aryl methyl sites for hydroxylation is 1. The van der Waals surface area contributed by atoms with Gasteiger partial charge >= 0.3 is 0 Å². The van der Waals surface area contributed by atoms with Crippen molar-refractivity contribution in [2.75, 3.05) is 20.1 Å². The smallest absolute Gasteiger partial charge is 0.193 e. The van der Waals surface area contributed by atoms with Gasteiger partial charge in [0.15, 0.2) is 5.96 Å². The van der Waals surface area contributed by atoms with Crippen LogP contribution in [0.3, 0.4) is 0 Å². The Morgan fingerprint density at radius 2 is 2.13 bits per heavy atom. The number of likely N-dealkylation sites (tertiary alicyclic amines) is 1. The topological polar surface area (TPSA) is 45.5 Å². The van der Waals surface area contributed by atoms with Crippen LogP contribution in [-0.2, 0) is 13.6 Å². The second-order valence-corrected chi connectivity index (χ2v) is 5.77. The Kier molecular flexibility index (Phi) is 6.44. The first-order valence-corrected chi connectivity index (χ1v) is 7.74. The molecule has 124 valence electrons. The van der Waals surface area contributed by atoms with Gasteiger partial charge in [-0.25, -0.2) is 0 Å². The molecule has 1 aliphatic rings. The van der Waals surface area contributed by atoms with Crippen molar-refractivity contribution in [2.45, 2.75) is 18.9 Å². The summed E-state index contributed by atoms with van der Waals surface area (Å²) in [5.41, 5.74) is 2.59. The van der Waals surface area contributed by atoms with E-state index in [0.717, 1.165) is 25.6 Å². The monoisotopic (exact) mass is 425 g/mol. The molecule has 1 aromatic heterocycles. The summed E-state index contributed by atoms with van der Waals surface area (Å²) in [7, 11) is 3.78. The standard InChI is InChI=1S/C17H23N5.HI/c1-18-17(19-10-14-11-20-21(2)12-14)22-9-8-16(13-22)15-6-4-3-5-7-15;/h3-7,11-12,16H,8-10,13H2,1-2H3,(H,18,19);1H. The van der Waals surface area contributed by atoms with Crippen molar-refractivity contribution < 1.29 is 0 Å². The van der Waals surface area contributed by atoms with Gasteiger partial charge < -0.3 is 10.2 Å². The largest absolute Gasteiger partial charge is 0.352 e. The molecular formula is C17H24IN5. The van der Waals surface area contributed by atoms with Gasteiger partial charge in [-0.15, -0.1) is 24.0 Å². The molecule has 1 aliphatic heterocycles. The maximum Gasteiger partial charge on any atom is 0.193 e. The molecule has 5 nitrogen and oxygen atoms in total. The number of nitrogens with one attached hydrogen (secondary N) is 1. The van der Waals surface area contributed by atoms with E-state index in [-0.39, 0.29) is 24.0 Å². The van der Waals surface area contributed by atoms with E-state index in [1.54, 1.807) is 0 Å². The molecule has 6 heteroatoms. The fourth-order valence-corrected chi connectivity index (χ4v) is 3.03. The lowest BCUT2D eigenvalue weighted by molar-refractivity contribution is 0.486. The molecule has 0 amide bonds. The molecule has 0 spiro atoms. The summed E-state index contributed by atoms with van der Waals surface area (Å²) in [5, 5.41) is 7.63. The predicted molar refractivity (Wildman–Crippen MR) is 104 cm³/mol. The maximum atomic E-state index is 4.42. The van der Waals surface area contributed by atoms with Crippen molar-refractivity contribution in [1.29, 1.82) is 0 Å². The van der Waals surface area contributed by atoms with E-state index in [2.05, 4.69) is 50.6 Å². The highest BCUT2D eigenvalue weighted by Gasteiger charge is 2.25. The lowest BCUT2D eigenvalue weighted by Crippen LogP contribution is -2.39. The molecule has 3 rings (SSSR count). The van der Waals surface area contributed by atoms with Crippen LogP contribution in [0.4, 0.5) is 0 Å². The van der Waals surface area contributed by atoms with Crippen LogP contribution in [0.25, 0.3) is 0 Å². The summed E-state index contributed by atoms with van der Waals surface area (Å²) < 4.78 is 1.82. The van der Waals surface area contributed by atoms with Gasteiger partial charge in [0.25, 0.3) is 0 Å². The Balaban J connectivity index is 0.00000192. The summed E-state index contributed by atoms with van der Waals surface area (Å²) >= 11 is 0. The van der Waals surface area contributed by atoms with Crippen LogP contribution in [0.1, 0.15) is 23.5 Å². The Morgan fingerprint density at radius 3 is 2.78 bits per heavy atom. The number of halogens is 1. The van der Waals surface area contributed by atoms with Crippen LogP contribution < -0.4 is 5.32 Å². The molecule has 1 aromatic carbocycles. The van der Waals surface area contributed by atoms with Crippen LogP contribution in [0, 0.1) is 0 Å². The summed E-state index contributed by atoms with van der Waals surface area (Å²) in [6, 6.07) is 10.8. The Labute approximate surface area is 154 Å². The van der Waals surface area contributed by atoms with E-state index in [4.69, 9.17) is 0 Å². The average Bonchev–Trinajstić information content (AvgIpc) is 3.18. The Morgan fingerprint density at radius 1 is 1.35 bits per heavy atom. The summed E-state index contributed by atoms with van der Waals surface area (Å²) in [6.45, 7) is 2.83. The third kappa shape index (κ3) is 4.46. The number of benzene rings is 1. The molecule has 2 heterocycles. The van der Waals surface area contributed by atoms with Crippen LogP contribution in [0.5, 0.6) is 0 Å². The van der Waals surface area contributed by atoms with Gasteiger partial charge in [-0.05, 0) is 12.0 Å². The van der Waals surface area contributed by atoms with Crippen molar-refractivity contribution in [3.63, 3.8) is 0 Å². The highest BCUT2D eigenvalue weighted by atomic mass is 127. The van der Waals surface area contributed by atoms with Crippen LogP contribution in [-0.4, -0.2) is 40.8 Å². The quantitative estimate of drug-likeness (QED) is 0.467. The van der Waals surface area contributed by atoms with Crippen molar-refractivity contribution in [2.24, 2.45) is 12.0 Å². The van der Waals surface area contributed by atoms with Gasteiger partial charge in [0, 0.05) is 51.4 Å². The molecule has 0 aliphatic carbocycles. The molecule has 1 fully saturated rings. The van der Waals surface area contributed by atoms with Gasteiger partial charge in [-0.3, -0.25) is 9.67 Å². The summed E-state index contributed by atoms with van der Waals surface area (Å²) in [4.78, 5) is 6.77. The number of nitrogens with zero attached hydrogens (tertiary/aromatic N) is 4. The zero-order valence-electron chi connectivity index (χ0n) is 13.6. The fourth-order valence-electron chi connectivity index (χ4n) is 3.03. The number of hydrogen-bond donors (Lipinski definition) is 1. The molecule has 0 saturated carbocycles. The molecule has 2 aromatic rings. The van der Waals surface area contributed by atoms with Gasteiger partial charge in [-0.1, -0.05) is 30.3 Å². The van der Waals surface area contributed by atoms with Gasteiger partial charge in [0.2, 0.25) is 0 Å². The highest BCUT2D eigenvalue weighted by Crippen LogP contribution is 2.26. The normalized spacial score (nSPS) is 17.9. The number of guanidine groups is 1. The molecule has 0 radical (unpaired) electrons. The molecule has 1 atom stereocenters. The zero-order valence-corrected chi connectivity index (χ0v) is 16.0. The van der Waals surface area contributed by atoms with Crippen LogP contribution in [0.2, 0.25) is 0 Å². The van der Waals surface area contributed by atoms with Crippen LogP contribution >= 0.6 is 24.0 Å². The van der Waals surface area contributed by atoms with Crippen LogP contribution in [0.15, 0.2) is 47.7 Å². The van der Waals surface area contributed by atoms with E-state index < -0.39 is 0 Å². The number of rotatable bonds is 3. The van der Waals surface area contributed by atoms with Gasteiger partial charge in [-0.2, -0.15) is 5.10 Å². The minimum absolute atomic E-state index is 0. The number of aliphatic imine (C=N–C) groups is 1. The highest BCUT2D eigenvalue weighted by molar-refractivity contribution is 14.0. The first kappa shape index (κ1) is 17.8. The van der Waals surface area contributed by atoms with E-state index >= 15 is 0 Å². The average molecular weight is 425 g/mol. The number of aromatic nitrogens is 2. The number of hydrogen-bond acceptors (Lipinski definition) is 2. The maximum absolute atomic E-state index is 4.42. The molecular weight excluding hydrogens is 401 g/mol.